The van der Waals surface area contributed by atoms with Gasteiger partial charge in [0.2, 0.25) is 0 Å². The summed E-state index contributed by atoms with van der Waals surface area (Å²) >= 11 is 11.8. The molecule has 150 valence electrons. The molecule has 0 bridgehead atoms. The monoisotopic (exact) mass is 431 g/mol. The van der Waals surface area contributed by atoms with Crippen molar-refractivity contribution in [3.8, 4) is 5.75 Å². The van der Waals surface area contributed by atoms with Gasteiger partial charge in [-0.3, -0.25) is 9.59 Å². The lowest BCUT2D eigenvalue weighted by molar-refractivity contribution is -0.147. The summed E-state index contributed by atoms with van der Waals surface area (Å²) in [7, 11) is 0. The Morgan fingerprint density at radius 1 is 1.07 bits per heavy atom. The number of halogens is 4. The van der Waals surface area contributed by atoms with Gasteiger partial charge in [-0.1, -0.05) is 41.4 Å². The quantitative estimate of drug-likeness (QED) is 0.608. The van der Waals surface area contributed by atoms with E-state index in [1.807, 2.05) is 0 Å². The van der Waals surface area contributed by atoms with Crippen LogP contribution in [-0.4, -0.2) is 31.6 Å². The molecule has 0 heterocycles. The number of rotatable bonds is 9. The Morgan fingerprint density at radius 2 is 1.79 bits per heavy atom. The molecule has 0 saturated heterocycles. The lowest BCUT2D eigenvalue weighted by Gasteiger charge is -2.08. The summed E-state index contributed by atoms with van der Waals surface area (Å²) < 4.78 is 33.3. The average molecular weight is 432 g/mol. The van der Waals surface area contributed by atoms with Crippen molar-refractivity contribution >= 4 is 35.1 Å². The number of carbonyl (C=O) groups is 2. The summed E-state index contributed by atoms with van der Waals surface area (Å²) in [5.41, 5.74) is 1.38. The van der Waals surface area contributed by atoms with Gasteiger partial charge in [-0.15, -0.1) is 0 Å². The van der Waals surface area contributed by atoms with Crippen molar-refractivity contribution in [3.05, 3.63) is 63.6 Å². The van der Waals surface area contributed by atoms with E-state index < -0.39 is 25.1 Å². The van der Waals surface area contributed by atoms with Gasteiger partial charge in [0.05, 0.1) is 6.42 Å². The van der Waals surface area contributed by atoms with E-state index in [1.54, 1.807) is 24.3 Å². The molecule has 5 nitrogen and oxygen atoms in total. The first-order valence-electron chi connectivity index (χ1n) is 8.23. The van der Waals surface area contributed by atoms with E-state index in [1.165, 1.54) is 18.2 Å². The Labute approximate surface area is 170 Å². The van der Waals surface area contributed by atoms with Crippen molar-refractivity contribution in [2.24, 2.45) is 0 Å². The van der Waals surface area contributed by atoms with Crippen molar-refractivity contribution in [1.82, 2.24) is 5.32 Å². The number of ether oxygens (including phenoxy) is 2. The second kappa shape index (κ2) is 10.8. The minimum atomic E-state index is -2.87. The summed E-state index contributed by atoms with van der Waals surface area (Å²) in [4.78, 5) is 23.5. The summed E-state index contributed by atoms with van der Waals surface area (Å²) in [6.07, 6.45) is 0.408. The summed E-state index contributed by atoms with van der Waals surface area (Å²) in [6.45, 7) is -2.98. The fraction of sp³-hybridized carbons (Fsp3) is 0.263. The smallest absolute Gasteiger partial charge is 0.387 e. The summed E-state index contributed by atoms with van der Waals surface area (Å²) in [5.74, 6) is -0.974. The third-order valence-corrected chi connectivity index (χ3v) is 4.19. The van der Waals surface area contributed by atoms with E-state index >= 15 is 0 Å². The summed E-state index contributed by atoms with van der Waals surface area (Å²) in [5, 5.41) is 3.41. The SMILES string of the molecule is O=C(COC(=O)Cc1ccc(Cl)cc1Cl)NCCc1ccc(OC(F)F)cc1. The second-order valence-electron chi connectivity index (χ2n) is 5.70. The Balaban J connectivity index is 1.67. The van der Waals surface area contributed by atoms with Crippen LogP contribution in [0, 0.1) is 0 Å². The highest BCUT2D eigenvalue weighted by molar-refractivity contribution is 6.35. The number of carbonyl (C=O) groups excluding carboxylic acids is 2. The molecule has 0 saturated carbocycles. The Morgan fingerprint density at radius 3 is 2.43 bits per heavy atom. The molecule has 0 atom stereocenters. The van der Waals surface area contributed by atoms with Crippen molar-refractivity contribution in [2.75, 3.05) is 13.2 Å². The Hall–Kier alpha value is -2.38. The molecule has 1 N–H and O–H groups in total. The van der Waals surface area contributed by atoms with E-state index in [2.05, 4.69) is 10.1 Å². The van der Waals surface area contributed by atoms with E-state index in [4.69, 9.17) is 27.9 Å². The van der Waals surface area contributed by atoms with Crippen molar-refractivity contribution in [3.63, 3.8) is 0 Å². The second-order valence-corrected chi connectivity index (χ2v) is 6.54. The van der Waals surface area contributed by atoms with Crippen molar-refractivity contribution in [1.29, 1.82) is 0 Å². The Kier molecular flexibility index (Phi) is 8.47. The van der Waals surface area contributed by atoms with Crippen LogP contribution in [0.2, 0.25) is 10.0 Å². The zero-order chi connectivity index (χ0) is 20.5. The normalized spacial score (nSPS) is 10.6. The molecule has 0 spiro atoms. The van der Waals surface area contributed by atoms with Gasteiger partial charge in [0.15, 0.2) is 6.61 Å². The number of amides is 1. The topological polar surface area (TPSA) is 64.6 Å². The Bertz CT molecular complexity index is 816. The van der Waals surface area contributed by atoms with Gasteiger partial charge in [-0.2, -0.15) is 8.78 Å². The first kappa shape index (κ1) is 21.9. The first-order chi connectivity index (χ1) is 13.3. The molecule has 28 heavy (non-hydrogen) atoms. The number of hydrogen-bond acceptors (Lipinski definition) is 4. The van der Waals surface area contributed by atoms with Gasteiger partial charge in [-0.05, 0) is 41.8 Å². The largest absolute Gasteiger partial charge is 0.455 e. The number of hydrogen-bond donors (Lipinski definition) is 1. The zero-order valence-electron chi connectivity index (χ0n) is 14.6. The third kappa shape index (κ3) is 7.70. The minimum Gasteiger partial charge on any atom is -0.455 e. The number of benzene rings is 2. The van der Waals surface area contributed by atoms with Gasteiger partial charge in [0.25, 0.3) is 5.91 Å². The van der Waals surface area contributed by atoms with Crippen LogP contribution >= 0.6 is 23.2 Å². The molecule has 2 aromatic carbocycles. The molecule has 1 amide bonds. The van der Waals surface area contributed by atoms with Crippen LogP contribution in [0.1, 0.15) is 11.1 Å². The fourth-order valence-electron chi connectivity index (χ4n) is 2.25. The maximum absolute atomic E-state index is 12.1. The first-order valence-corrected chi connectivity index (χ1v) is 8.99. The van der Waals surface area contributed by atoms with Crippen molar-refractivity contribution < 1.29 is 27.8 Å². The van der Waals surface area contributed by atoms with E-state index in [9.17, 15) is 18.4 Å². The van der Waals surface area contributed by atoms with Gasteiger partial charge in [0, 0.05) is 16.6 Å². The van der Waals surface area contributed by atoms with Gasteiger partial charge < -0.3 is 14.8 Å². The lowest BCUT2D eigenvalue weighted by Crippen LogP contribution is -2.30. The molecule has 0 radical (unpaired) electrons. The molecule has 0 aliphatic rings. The van der Waals surface area contributed by atoms with Gasteiger partial charge >= 0.3 is 12.6 Å². The van der Waals surface area contributed by atoms with Crippen LogP contribution < -0.4 is 10.1 Å². The number of esters is 1. The molecule has 0 aliphatic heterocycles. The molecule has 0 unspecified atom stereocenters. The predicted molar refractivity (Wildman–Crippen MR) is 101 cm³/mol. The van der Waals surface area contributed by atoms with Crippen molar-refractivity contribution in [2.45, 2.75) is 19.5 Å². The van der Waals surface area contributed by atoms with Gasteiger partial charge in [0.1, 0.15) is 5.75 Å². The molecule has 0 aliphatic carbocycles. The van der Waals surface area contributed by atoms with Crippen LogP contribution in [0.3, 0.4) is 0 Å². The fourth-order valence-corrected chi connectivity index (χ4v) is 2.73. The van der Waals surface area contributed by atoms with E-state index in [0.29, 0.717) is 28.6 Å². The molecular formula is C19H17Cl2F2NO4. The van der Waals surface area contributed by atoms with Crippen LogP contribution in [-0.2, 0) is 27.2 Å². The number of alkyl halides is 2. The standard InChI is InChI=1S/C19H17Cl2F2NO4/c20-14-4-3-13(16(21)10-14)9-18(26)27-11-17(25)24-8-7-12-1-5-15(6-2-12)28-19(22)23/h1-6,10,19H,7-9,11H2,(H,24,25). The van der Waals surface area contributed by atoms with E-state index in [-0.39, 0.29) is 12.2 Å². The highest BCUT2D eigenvalue weighted by Gasteiger charge is 2.11. The van der Waals surface area contributed by atoms with Crippen LogP contribution in [0.15, 0.2) is 42.5 Å². The highest BCUT2D eigenvalue weighted by atomic mass is 35.5. The molecule has 2 rings (SSSR count). The third-order valence-electron chi connectivity index (χ3n) is 3.60. The van der Waals surface area contributed by atoms with Gasteiger partial charge in [-0.25, -0.2) is 0 Å². The minimum absolute atomic E-state index is 0.0653. The summed E-state index contributed by atoms with van der Waals surface area (Å²) in [6, 6.07) is 10.8. The average Bonchev–Trinajstić information content (AvgIpc) is 2.63. The molecule has 0 aromatic heterocycles. The number of nitrogens with one attached hydrogen (secondary N) is 1. The molecular weight excluding hydrogens is 415 g/mol. The molecule has 0 fully saturated rings. The molecule has 2 aromatic rings. The molecule has 9 heteroatoms. The van der Waals surface area contributed by atoms with Crippen LogP contribution in [0.5, 0.6) is 5.75 Å². The maximum atomic E-state index is 12.1. The zero-order valence-corrected chi connectivity index (χ0v) is 16.1. The van der Waals surface area contributed by atoms with Crippen LogP contribution in [0.4, 0.5) is 8.78 Å². The predicted octanol–water partition coefficient (Wildman–Crippen LogP) is 4.04. The lowest BCUT2D eigenvalue weighted by atomic mass is 10.1. The maximum Gasteiger partial charge on any atom is 0.387 e. The van der Waals surface area contributed by atoms with Crippen LogP contribution in [0.25, 0.3) is 0 Å². The van der Waals surface area contributed by atoms with E-state index in [0.717, 1.165) is 5.56 Å². The highest BCUT2D eigenvalue weighted by Crippen LogP contribution is 2.21.